The Morgan fingerprint density at radius 1 is 0.780 bits per heavy atom. The molecule has 0 spiro atoms. The molecule has 0 saturated heterocycles. The summed E-state index contributed by atoms with van der Waals surface area (Å²) in [4.78, 5) is 27.5. The molecule has 4 aromatic rings. The average Bonchev–Trinajstić information content (AvgIpc) is 2.99. The first-order valence-corrected chi connectivity index (χ1v) is 14.6. The van der Waals surface area contributed by atoms with E-state index in [1.807, 2.05) is 72.8 Å². The molecule has 0 atom stereocenters. The normalized spacial score (nSPS) is 11.4. The van der Waals surface area contributed by atoms with Gasteiger partial charge in [0, 0.05) is 37.8 Å². The molecule has 0 radical (unpaired) electrons. The molecule has 0 saturated carbocycles. The maximum absolute atomic E-state index is 13.4. The number of benzene rings is 4. The maximum Gasteiger partial charge on any atom is 0.251 e. The molecule has 0 aliphatic rings. The number of nitrogens with one attached hydrogen (secondary N) is 1. The van der Waals surface area contributed by atoms with Gasteiger partial charge in [-0.2, -0.15) is 0 Å². The van der Waals surface area contributed by atoms with Gasteiger partial charge < -0.3 is 16.0 Å². The average molecular weight is 569 g/mol. The van der Waals surface area contributed by atoms with Gasteiger partial charge in [-0.3, -0.25) is 9.59 Å². The van der Waals surface area contributed by atoms with Crippen molar-refractivity contribution in [1.82, 2.24) is 10.2 Å². The number of carbonyl (C=O) groups excluding carboxylic acids is 2. The summed E-state index contributed by atoms with van der Waals surface area (Å²) < 4.78 is 23.3. The molecule has 0 bridgehead atoms. The van der Waals surface area contributed by atoms with Crippen molar-refractivity contribution in [2.75, 3.05) is 13.1 Å². The van der Waals surface area contributed by atoms with Gasteiger partial charge in [0.2, 0.25) is 15.9 Å². The molecule has 4 rings (SSSR count). The van der Waals surface area contributed by atoms with Gasteiger partial charge >= 0.3 is 0 Å². The second kappa shape index (κ2) is 13.7. The molecule has 8 nitrogen and oxygen atoms in total. The predicted octanol–water partition coefficient (Wildman–Crippen LogP) is 3.93. The standard InChI is InChI=1S/C32H32N4O4S/c33-18-19-35-32(38)29-11-5-10-28(21-29)27-9-4-8-26(20-27)23-36(31(37)17-14-24-6-2-1-3-7-24)22-25-12-15-30(16-13-25)41(34,39)40/h1-17,20-21H,18-19,22-23,33H2,(H,35,38)(H2,34,39,40)/b17-14+. The second-order valence-electron chi connectivity index (χ2n) is 9.45. The van der Waals surface area contributed by atoms with E-state index in [0.717, 1.165) is 27.8 Å². The van der Waals surface area contributed by atoms with Gasteiger partial charge in [-0.1, -0.05) is 72.8 Å². The monoisotopic (exact) mass is 568 g/mol. The first kappa shape index (κ1) is 29.4. The Balaban J connectivity index is 1.59. The Hall–Kier alpha value is -4.57. The summed E-state index contributed by atoms with van der Waals surface area (Å²) in [7, 11) is -3.82. The number of hydrogen-bond donors (Lipinski definition) is 3. The van der Waals surface area contributed by atoms with Crippen LogP contribution in [0, 0.1) is 0 Å². The molecule has 0 aliphatic carbocycles. The molecule has 4 aromatic carbocycles. The van der Waals surface area contributed by atoms with E-state index in [1.165, 1.54) is 18.2 Å². The highest BCUT2D eigenvalue weighted by Crippen LogP contribution is 2.23. The van der Waals surface area contributed by atoms with Crippen LogP contribution in [-0.2, 0) is 27.9 Å². The molecule has 0 aromatic heterocycles. The highest BCUT2D eigenvalue weighted by molar-refractivity contribution is 7.89. The summed E-state index contributed by atoms with van der Waals surface area (Å²) in [6.45, 7) is 1.31. The molecule has 5 N–H and O–H groups in total. The van der Waals surface area contributed by atoms with E-state index in [2.05, 4.69) is 5.32 Å². The SMILES string of the molecule is NCCNC(=O)c1cccc(-c2cccc(CN(Cc3ccc(S(N)(=O)=O)cc3)C(=O)/C=C/c3ccccc3)c2)c1. The fourth-order valence-corrected chi connectivity index (χ4v) is 4.77. The molecular formula is C32H32N4O4S. The van der Waals surface area contributed by atoms with Crippen molar-refractivity contribution >= 4 is 27.9 Å². The zero-order chi connectivity index (χ0) is 29.2. The van der Waals surface area contributed by atoms with Gasteiger partial charge in [0.05, 0.1) is 4.90 Å². The van der Waals surface area contributed by atoms with E-state index in [0.29, 0.717) is 25.2 Å². The molecule has 0 fully saturated rings. The van der Waals surface area contributed by atoms with E-state index in [1.54, 1.807) is 29.2 Å². The number of rotatable bonds is 11. The second-order valence-corrected chi connectivity index (χ2v) is 11.0. The largest absolute Gasteiger partial charge is 0.351 e. The van der Waals surface area contributed by atoms with Crippen LogP contribution < -0.4 is 16.2 Å². The van der Waals surface area contributed by atoms with Crippen LogP contribution >= 0.6 is 0 Å². The molecule has 210 valence electrons. The lowest BCUT2D eigenvalue weighted by molar-refractivity contribution is -0.127. The lowest BCUT2D eigenvalue weighted by atomic mass is 10.0. The number of sulfonamides is 1. The fourth-order valence-electron chi connectivity index (χ4n) is 4.25. The lowest BCUT2D eigenvalue weighted by Gasteiger charge is -2.22. The van der Waals surface area contributed by atoms with Gasteiger partial charge in [0.15, 0.2) is 0 Å². The van der Waals surface area contributed by atoms with Crippen LogP contribution in [0.1, 0.15) is 27.0 Å². The van der Waals surface area contributed by atoms with Crippen molar-refractivity contribution in [3.8, 4) is 11.1 Å². The Morgan fingerprint density at radius 2 is 1.44 bits per heavy atom. The van der Waals surface area contributed by atoms with Crippen molar-refractivity contribution in [3.63, 3.8) is 0 Å². The van der Waals surface area contributed by atoms with Crippen LogP contribution in [0.3, 0.4) is 0 Å². The fraction of sp³-hybridized carbons (Fsp3) is 0.125. The first-order valence-electron chi connectivity index (χ1n) is 13.0. The molecule has 2 amide bonds. The summed E-state index contributed by atoms with van der Waals surface area (Å²) in [6.07, 6.45) is 3.29. The summed E-state index contributed by atoms with van der Waals surface area (Å²) in [5.74, 6) is -0.391. The predicted molar refractivity (Wildman–Crippen MR) is 161 cm³/mol. The van der Waals surface area contributed by atoms with E-state index in [-0.39, 0.29) is 23.3 Å². The van der Waals surface area contributed by atoms with Gasteiger partial charge in [0.1, 0.15) is 0 Å². The van der Waals surface area contributed by atoms with E-state index < -0.39 is 10.0 Å². The molecule has 0 unspecified atom stereocenters. The third-order valence-corrected chi connectivity index (χ3v) is 7.27. The summed E-state index contributed by atoms with van der Waals surface area (Å²) >= 11 is 0. The molecule has 0 aliphatic heterocycles. The molecule has 9 heteroatoms. The Kier molecular flexibility index (Phi) is 9.81. The van der Waals surface area contributed by atoms with Crippen LogP contribution in [0.25, 0.3) is 17.2 Å². The minimum absolute atomic E-state index is 0.00902. The van der Waals surface area contributed by atoms with Crippen molar-refractivity contribution in [2.24, 2.45) is 10.9 Å². The first-order chi connectivity index (χ1) is 19.7. The number of primary sulfonamides is 1. The van der Waals surface area contributed by atoms with Crippen molar-refractivity contribution < 1.29 is 18.0 Å². The lowest BCUT2D eigenvalue weighted by Crippen LogP contribution is -2.29. The van der Waals surface area contributed by atoms with Crippen molar-refractivity contribution in [2.45, 2.75) is 18.0 Å². The number of amides is 2. The molecule has 0 heterocycles. The van der Waals surface area contributed by atoms with Gasteiger partial charge in [-0.25, -0.2) is 13.6 Å². The van der Waals surface area contributed by atoms with Gasteiger partial charge in [-0.15, -0.1) is 0 Å². The Labute approximate surface area is 240 Å². The summed E-state index contributed by atoms with van der Waals surface area (Å²) in [6, 6.07) is 30.8. The van der Waals surface area contributed by atoms with E-state index in [4.69, 9.17) is 10.9 Å². The highest BCUT2D eigenvalue weighted by Gasteiger charge is 2.15. The van der Waals surface area contributed by atoms with Crippen molar-refractivity contribution in [3.05, 3.63) is 131 Å². The number of hydrogen-bond acceptors (Lipinski definition) is 5. The van der Waals surface area contributed by atoms with Crippen LogP contribution in [-0.4, -0.2) is 38.2 Å². The van der Waals surface area contributed by atoms with E-state index >= 15 is 0 Å². The topological polar surface area (TPSA) is 136 Å². The van der Waals surface area contributed by atoms with Crippen LogP contribution in [0.2, 0.25) is 0 Å². The van der Waals surface area contributed by atoms with Crippen LogP contribution in [0.4, 0.5) is 0 Å². The molecule has 41 heavy (non-hydrogen) atoms. The Morgan fingerprint density at radius 3 is 2.12 bits per heavy atom. The smallest absolute Gasteiger partial charge is 0.251 e. The number of nitrogens with zero attached hydrogens (tertiary/aromatic N) is 1. The quantitative estimate of drug-likeness (QED) is 0.236. The van der Waals surface area contributed by atoms with Gasteiger partial charge in [-0.05, 0) is 64.2 Å². The minimum atomic E-state index is -3.82. The van der Waals surface area contributed by atoms with Crippen molar-refractivity contribution in [1.29, 1.82) is 0 Å². The third-order valence-electron chi connectivity index (χ3n) is 6.34. The zero-order valence-corrected chi connectivity index (χ0v) is 23.3. The number of carbonyl (C=O) groups is 2. The van der Waals surface area contributed by atoms with Gasteiger partial charge in [0.25, 0.3) is 5.91 Å². The Bertz CT molecular complexity index is 1640. The summed E-state index contributed by atoms with van der Waals surface area (Å²) in [5, 5.41) is 8.01. The third kappa shape index (κ3) is 8.46. The van der Waals surface area contributed by atoms with Crippen LogP contribution in [0.15, 0.2) is 114 Å². The maximum atomic E-state index is 13.4. The molecular weight excluding hydrogens is 536 g/mol. The van der Waals surface area contributed by atoms with E-state index in [9.17, 15) is 18.0 Å². The number of nitrogens with two attached hydrogens (primary N) is 2. The highest BCUT2D eigenvalue weighted by atomic mass is 32.2. The zero-order valence-electron chi connectivity index (χ0n) is 22.4. The van der Waals surface area contributed by atoms with Crippen LogP contribution in [0.5, 0.6) is 0 Å². The summed E-state index contributed by atoms with van der Waals surface area (Å²) in [5.41, 5.74) is 10.4. The minimum Gasteiger partial charge on any atom is -0.351 e.